The molecule has 0 radical (unpaired) electrons. The van der Waals surface area contributed by atoms with Gasteiger partial charge in [0.2, 0.25) is 0 Å². The van der Waals surface area contributed by atoms with Gasteiger partial charge in [-0.2, -0.15) is 0 Å². The summed E-state index contributed by atoms with van der Waals surface area (Å²) < 4.78 is 14.7. The molecule has 0 aliphatic carbocycles. The van der Waals surface area contributed by atoms with E-state index >= 15 is 0 Å². The number of fused-ring (bicyclic) bond motifs is 19. The van der Waals surface area contributed by atoms with Crippen molar-refractivity contribution in [1.29, 1.82) is 0 Å². The second-order valence-corrected chi connectivity index (χ2v) is 38.6. The lowest BCUT2D eigenvalue weighted by molar-refractivity contribution is 1.17. The van der Waals surface area contributed by atoms with E-state index in [1.165, 1.54) is 236 Å². The summed E-state index contributed by atoms with van der Waals surface area (Å²) in [5, 5.41) is 17.4. The third-order valence-electron chi connectivity index (χ3n) is 30.1. The number of nitrogens with zero attached hydrogens (tertiary/aromatic N) is 6. The molecule has 0 unspecified atom stereocenters. The van der Waals surface area contributed by atoms with E-state index in [0.717, 1.165) is 28.4 Å². The molecule has 0 fully saturated rings. The summed E-state index contributed by atoms with van der Waals surface area (Å²) in [6.07, 6.45) is 0. The van der Waals surface area contributed by atoms with Crippen LogP contribution < -0.4 is 0 Å². The third kappa shape index (κ3) is 15.0. The van der Waals surface area contributed by atoms with Crippen LogP contribution in [0.15, 0.2) is 570 Å². The standard InChI is InChI=1S/2C48H32N2.C46H30N2/c1-5-15-33(16-6-1)36-25-26-42-44-32-47-43(41-23-13-14-24-45(41)49(47)39-21-11-4-12-22-39)31-48(44)50(46(42)30-36)40-28-37(34-17-7-2-8-18-34)27-38(29-40)35-19-9-3-10-20-35;1-4-15-33(16-5-1)35-19-12-20-36(29-35)37-21-13-24-39(30-37)50-47-31-43-41-25-10-11-28-45(41)49(38-22-8-3-9-23-38)46(43)32-44(47)42-27-14-26-40(48(42)50)34-17-6-2-7-18-34;1-3-12-31(13-4-1)33-22-25-36(26-23-33)47-44-28-35(32-14-5-2-6-15-32)24-27-39(44)41-30-46-40(29-45(41)47)38-19-9-10-20-43(38)48(46)42-21-11-17-34-16-7-8-18-37(34)42/h2*1-32H;1-30H. The highest BCUT2D eigenvalue weighted by Crippen LogP contribution is 2.49. The minimum atomic E-state index is 1.14. The zero-order chi connectivity index (χ0) is 97.6. The van der Waals surface area contributed by atoms with Crippen molar-refractivity contribution >= 4 is 142 Å². The Labute approximate surface area is 856 Å². The van der Waals surface area contributed by atoms with Crippen molar-refractivity contribution in [2.75, 3.05) is 0 Å². The predicted molar refractivity (Wildman–Crippen MR) is 626 cm³/mol. The van der Waals surface area contributed by atoms with Gasteiger partial charge in [0.25, 0.3) is 0 Å². The molecule has 6 aromatic heterocycles. The van der Waals surface area contributed by atoms with Crippen LogP contribution in [0.25, 0.3) is 265 Å². The minimum Gasteiger partial charge on any atom is -0.309 e. The lowest BCUT2D eigenvalue weighted by atomic mass is 9.98. The summed E-state index contributed by atoms with van der Waals surface area (Å²) >= 11 is 0. The Morgan fingerprint density at radius 2 is 0.351 bits per heavy atom. The number of aromatic nitrogens is 6. The summed E-state index contributed by atoms with van der Waals surface area (Å²) in [7, 11) is 0. The van der Waals surface area contributed by atoms with Crippen LogP contribution in [0, 0.1) is 0 Å². The number of rotatable bonds is 14. The van der Waals surface area contributed by atoms with Crippen LogP contribution in [0.1, 0.15) is 0 Å². The molecule has 0 spiro atoms. The molecule has 0 saturated carbocycles. The maximum atomic E-state index is 2.49. The molecule has 6 heterocycles. The molecule has 0 N–H and O–H groups in total. The van der Waals surface area contributed by atoms with Crippen LogP contribution in [0.2, 0.25) is 0 Å². The number of hydrogen-bond acceptors (Lipinski definition) is 0. The normalized spacial score (nSPS) is 11.6. The fourth-order valence-corrected chi connectivity index (χ4v) is 23.3. The second kappa shape index (κ2) is 36.4. The highest BCUT2D eigenvalue weighted by atomic mass is 15.0. The number of hydrogen-bond donors (Lipinski definition) is 0. The molecule has 30 rings (SSSR count). The molecular formula is C142H94N6. The lowest BCUT2D eigenvalue weighted by Gasteiger charge is -2.14. The van der Waals surface area contributed by atoms with Crippen molar-refractivity contribution in [2.45, 2.75) is 0 Å². The monoisotopic (exact) mass is 1880 g/mol. The van der Waals surface area contributed by atoms with Gasteiger partial charge in [-0.05, 0) is 234 Å². The van der Waals surface area contributed by atoms with Crippen molar-refractivity contribution < 1.29 is 0 Å². The first-order valence-corrected chi connectivity index (χ1v) is 50.9. The van der Waals surface area contributed by atoms with Crippen molar-refractivity contribution in [1.82, 2.24) is 27.4 Å². The largest absolute Gasteiger partial charge is 0.309 e. The molecule has 0 aliphatic heterocycles. The summed E-state index contributed by atoms with van der Waals surface area (Å²) in [5.74, 6) is 0. The Balaban J connectivity index is 0.000000107. The van der Waals surface area contributed by atoms with E-state index in [1.807, 2.05) is 0 Å². The molecule has 0 bridgehead atoms. The molecule has 6 heteroatoms. The molecule has 30 aromatic rings. The summed E-state index contributed by atoms with van der Waals surface area (Å²) in [6, 6.07) is 207. The van der Waals surface area contributed by atoms with Gasteiger partial charge >= 0.3 is 0 Å². The van der Waals surface area contributed by atoms with Crippen molar-refractivity contribution in [3.63, 3.8) is 0 Å². The third-order valence-corrected chi connectivity index (χ3v) is 30.1. The minimum absolute atomic E-state index is 1.14. The SMILES string of the molecule is c1ccc(-c2cc(-c3ccccc3)cc(-n3c4cc(-c5ccccc5)ccc4c4cc5c(cc43)c3ccccc3n5-c3ccccc3)c2)cc1.c1ccc(-c2ccc(-n3c4cc(-c5ccccc5)ccc4c4cc5c(cc43)c3ccccc3n5-c3cccc4ccccc34)cc2)cc1.c1ccc(-c2cccc(-c3cccc(-n4c5cc6c7ccccc7n(-c7ccccc7)c6cc5c5cccc(-c6ccccc6)c54)c3)c2)cc1. The van der Waals surface area contributed by atoms with E-state index < -0.39 is 0 Å². The van der Waals surface area contributed by atoms with E-state index in [9.17, 15) is 0 Å². The van der Waals surface area contributed by atoms with E-state index in [4.69, 9.17) is 0 Å². The number of para-hydroxylation sites is 6. The van der Waals surface area contributed by atoms with Crippen molar-refractivity contribution in [2.24, 2.45) is 0 Å². The van der Waals surface area contributed by atoms with Gasteiger partial charge in [0.05, 0.1) is 71.9 Å². The van der Waals surface area contributed by atoms with Gasteiger partial charge in [0, 0.05) is 104 Å². The Morgan fingerprint density at radius 3 is 0.811 bits per heavy atom. The van der Waals surface area contributed by atoms with Crippen molar-refractivity contribution in [3.05, 3.63) is 570 Å². The Bertz CT molecular complexity index is 10300. The second-order valence-electron chi connectivity index (χ2n) is 38.6. The molecule has 0 atom stereocenters. The molecule has 692 valence electrons. The molecular weight excluding hydrogens is 1790 g/mol. The molecule has 148 heavy (non-hydrogen) atoms. The predicted octanol–water partition coefficient (Wildman–Crippen LogP) is 38.1. The quantitative estimate of drug-likeness (QED) is 0.104. The topological polar surface area (TPSA) is 29.6 Å². The van der Waals surface area contributed by atoms with Gasteiger partial charge < -0.3 is 27.4 Å². The van der Waals surface area contributed by atoms with Gasteiger partial charge in [-0.15, -0.1) is 0 Å². The zero-order valence-corrected chi connectivity index (χ0v) is 81.0. The molecule has 0 aliphatic rings. The molecule has 6 nitrogen and oxygen atoms in total. The fraction of sp³-hybridized carbons (Fsp3) is 0. The van der Waals surface area contributed by atoms with Crippen LogP contribution in [0.4, 0.5) is 0 Å². The first kappa shape index (κ1) is 86.2. The first-order valence-electron chi connectivity index (χ1n) is 50.9. The van der Waals surface area contributed by atoms with Crippen LogP contribution in [0.3, 0.4) is 0 Å². The molecule has 24 aromatic carbocycles. The zero-order valence-electron chi connectivity index (χ0n) is 81.0. The smallest absolute Gasteiger partial charge is 0.0619 e. The Hall–Kier alpha value is -19.7. The summed E-state index contributed by atoms with van der Waals surface area (Å²) in [6.45, 7) is 0. The van der Waals surface area contributed by atoms with Gasteiger partial charge in [-0.1, -0.05) is 425 Å². The number of benzene rings is 24. The maximum absolute atomic E-state index is 2.49. The van der Waals surface area contributed by atoms with E-state index in [0.29, 0.717) is 0 Å². The highest BCUT2D eigenvalue weighted by Gasteiger charge is 2.27. The van der Waals surface area contributed by atoms with Gasteiger partial charge in [-0.25, -0.2) is 0 Å². The maximum Gasteiger partial charge on any atom is 0.0619 e. The van der Waals surface area contributed by atoms with Crippen LogP contribution in [0.5, 0.6) is 0 Å². The lowest BCUT2D eigenvalue weighted by Crippen LogP contribution is -1.96. The van der Waals surface area contributed by atoms with Gasteiger partial charge in [-0.3, -0.25) is 0 Å². The first-order chi connectivity index (χ1) is 73.4. The Morgan fingerprint density at radius 1 is 0.101 bits per heavy atom. The fourth-order valence-electron chi connectivity index (χ4n) is 23.3. The van der Waals surface area contributed by atoms with Crippen LogP contribution >= 0.6 is 0 Å². The van der Waals surface area contributed by atoms with Crippen molar-refractivity contribution in [3.8, 4) is 123 Å². The van der Waals surface area contributed by atoms with E-state index in [2.05, 4.69) is 598 Å². The van der Waals surface area contributed by atoms with Gasteiger partial charge in [0.1, 0.15) is 0 Å². The molecule has 0 saturated heterocycles. The van der Waals surface area contributed by atoms with E-state index in [1.54, 1.807) is 0 Å². The summed E-state index contributed by atoms with van der Waals surface area (Å²) in [5.41, 5.74) is 40.7. The van der Waals surface area contributed by atoms with E-state index in [-0.39, 0.29) is 0 Å². The molecule has 0 amide bonds. The van der Waals surface area contributed by atoms with Crippen LogP contribution in [-0.2, 0) is 0 Å². The average Bonchev–Trinajstić information content (AvgIpc) is 1.66. The highest BCUT2D eigenvalue weighted by molar-refractivity contribution is 6.24. The summed E-state index contributed by atoms with van der Waals surface area (Å²) in [4.78, 5) is 0. The average molecular weight is 1880 g/mol. The van der Waals surface area contributed by atoms with Gasteiger partial charge in [0.15, 0.2) is 0 Å². The Kier molecular flexibility index (Phi) is 21.2. The van der Waals surface area contributed by atoms with Crippen LogP contribution in [-0.4, -0.2) is 27.4 Å².